The van der Waals surface area contributed by atoms with Gasteiger partial charge in [-0.1, -0.05) is 42.5 Å². The SMILES string of the molecule is CC(C)(C)NC(=O)C[N+]1=C2c3ccccc3OC2C(=O)N(CCc2ccccc2)C1=O. The summed E-state index contributed by atoms with van der Waals surface area (Å²) in [5, 5.41) is 2.88. The highest BCUT2D eigenvalue weighted by molar-refractivity contribution is 6.22. The standard InChI is InChI=1S/C24H25N3O4/c1-24(2,3)25-19(28)15-27-20-17-11-7-8-12-18(17)31-21(20)22(29)26(23(27)30)14-13-16-9-5-4-6-10-16/h4-12,21H,13-15H2,1-3H3/p+1. The van der Waals surface area contributed by atoms with Crippen molar-refractivity contribution in [3.8, 4) is 5.75 Å². The van der Waals surface area contributed by atoms with E-state index in [4.69, 9.17) is 4.74 Å². The molecule has 4 rings (SSSR count). The van der Waals surface area contributed by atoms with Crippen LogP contribution in [-0.4, -0.2) is 57.8 Å². The lowest BCUT2D eigenvalue weighted by Gasteiger charge is -2.25. The Kier molecular flexibility index (Phi) is 5.35. The van der Waals surface area contributed by atoms with Crippen LogP contribution in [-0.2, 0) is 16.0 Å². The molecule has 1 N–H and O–H groups in total. The number of para-hydroxylation sites is 1. The number of carbonyl (C=O) groups excluding carboxylic acids is 3. The Labute approximate surface area is 181 Å². The highest BCUT2D eigenvalue weighted by Gasteiger charge is 2.53. The summed E-state index contributed by atoms with van der Waals surface area (Å²) in [6.45, 7) is 5.66. The maximum Gasteiger partial charge on any atom is 0.501 e. The predicted octanol–water partition coefficient (Wildman–Crippen LogP) is 2.37. The fraction of sp³-hybridized carbons (Fsp3) is 0.333. The number of urea groups is 1. The lowest BCUT2D eigenvalue weighted by Crippen LogP contribution is -2.59. The zero-order valence-electron chi connectivity index (χ0n) is 17.9. The van der Waals surface area contributed by atoms with Crippen LogP contribution >= 0.6 is 0 Å². The van der Waals surface area contributed by atoms with Crippen LogP contribution in [0.1, 0.15) is 31.9 Å². The topological polar surface area (TPSA) is 78.7 Å². The van der Waals surface area contributed by atoms with Crippen molar-refractivity contribution in [3.63, 3.8) is 0 Å². The third-order valence-electron chi connectivity index (χ3n) is 5.18. The summed E-state index contributed by atoms with van der Waals surface area (Å²) in [5.41, 5.74) is 1.68. The average molecular weight is 420 g/mol. The number of hydrogen-bond acceptors (Lipinski definition) is 4. The number of fused-ring (bicyclic) bond motifs is 3. The van der Waals surface area contributed by atoms with Crippen molar-refractivity contribution in [2.45, 2.75) is 38.8 Å². The maximum atomic E-state index is 13.4. The monoisotopic (exact) mass is 420 g/mol. The molecule has 7 nitrogen and oxygen atoms in total. The number of hydrogen-bond donors (Lipinski definition) is 1. The largest absolute Gasteiger partial charge is 0.501 e. The van der Waals surface area contributed by atoms with Gasteiger partial charge in [0.2, 0.25) is 0 Å². The van der Waals surface area contributed by atoms with Gasteiger partial charge in [0.05, 0.1) is 5.56 Å². The number of nitrogens with zero attached hydrogens (tertiary/aromatic N) is 2. The Balaban J connectivity index is 1.68. The summed E-state index contributed by atoms with van der Waals surface area (Å²) in [6, 6.07) is 16.4. The van der Waals surface area contributed by atoms with Crippen LogP contribution in [0.5, 0.6) is 5.75 Å². The van der Waals surface area contributed by atoms with Gasteiger partial charge in [-0.05, 0) is 38.5 Å². The van der Waals surface area contributed by atoms with E-state index in [1.807, 2.05) is 63.2 Å². The molecular formula is C24H26N3O4+. The number of imide groups is 1. The minimum absolute atomic E-state index is 0.186. The number of carbonyl (C=O) groups is 3. The molecule has 2 aromatic carbocycles. The van der Waals surface area contributed by atoms with Crippen LogP contribution in [0.15, 0.2) is 54.6 Å². The molecule has 2 heterocycles. The molecule has 1 unspecified atom stereocenters. The first-order valence-electron chi connectivity index (χ1n) is 10.4. The molecular weight excluding hydrogens is 394 g/mol. The molecule has 0 bridgehead atoms. The normalized spacial score (nSPS) is 17.9. The summed E-state index contributed by atoms with van der Waals surface area (Å²) < 4.78 is 7.29. The van der Waals surface area contributed by atoms with Crippen LogP contribution in [0.2, 0.25) is 0 Å². The molecule has 0 spiro atoms. The zero-order valence-corrected chi connectivity index (χ0v) is 17.9. The van der Waals surface area contributed by atoms with E-state index in [0.29, 0.717) is 23.4 Å². The Morgan fingerprint density at radius 3 is 2.45 bits per heavy atom. The van der Waals surface area contributed by atoms with E-state index in [-0.39, 0.29) is 19.0 Å². The van der Waals surface area contributed by atoms with Gasteiger partial charge in [-0.2, -0.15) is 14.3 Å². The lowest BCUT2D eigenvalue weighted by molar-refractivity contribution is -0.429. The van der Waals surface area contributed by atoms with Crippen molar-refractivity contribution >= 4 is 23.6 Å². The zero-order chi connectivity index (χ0) is 22.2. The minimum atomic E-state index is -0.937. The van der Waals surface area contributed by atoms with E-state index in [0.717, 1.165) is 5.56 Å². The molecule has 0 aromatic heterocycles. The highest BCUT2D eigenvalue weighted by Crippen LogP contribution is 2.32. The second-order valence-corrected chi connectivity index (χ2v) is 8.77. The van der Waals surface area contributed by atoms with Gasteiger partial charge in [0.25, 0.3) is 12.0 Å². The molecule has 2 aliphatic heterocycles. The first-order valence-corrected chi connectivity index (χ1v) is 10.4. The predicted molar refractivity (Wildman–Crippen MR) is 115 cm³/mol. The smallest absolute Gasteiger partial charge is 0.469 e. The van der Waals surface area contributed by atoms with Crippen LogP contribution in [0.3, 0.4) is 0 Å². The molecule has 31 heavy (non-hydrogen) atoms. The number of benzene rings is 2. The second kappa shape index (κ2) is 7.98. The molecule has 0 fully saturated rings. The summed E-state index contributed by atoms with van der Waals surface area (Å²) in [5.74, 6) is -0.164. The molecule has 0 saturated carbocycles. The van der Waals surface area contributed by atoms with Crippen LogP contribution in [0.25, 0.3) is 0 Å². The molecule has 160 valence electrons. The van der Waals surface area contributed by atoms with Gasteiger partial charge in [0.15, 0.2) is 12.3 Å². The average Bonchev–Trinajstić information content (AvgIpc) is 3.10. The number of nitrogens with one attached hydrogen (secondary N) is 1. The van der Waals surface area contributed by atoms with E-state index in [2.05, 4.69) is 5.32 Å². The van der Waals surface area contributed by atoms with Gasteiger partial charge in [0.1, 0.15) is 12.3 Å². The molecule has 2 aliphatic rings. The number of rotatable bonds is 5. The van der Waals surface area contributed by atoms with Gasteiger partial charge >= 0.3 is 11.9 Å². The molecule has 7 heteroatoms. The summed E-state index contributed by atoms with van der Waals surface area (Å²) in [4.78, 5) is 40.5. The molecule has 1 atom stereocenters. The Morgan fingerprint density at radius 1 is 1.06 bits per heavy atom. The first kappa shape index (κ1) is 20.8. The van der Waals surface area contributed by atoms with E-state index in [1.54, 1.807) is 12.1 Å². The van der Waals surface area contributed by atoms with Crippen LogP contribution in [0.4, 0.5) is 4.79 Å². The molecule has 0 saturated heterocycles. The highest BCUT2D eigenvalue weighted by atomic mass is 16.5. The quantitative estimate of drug-likeness (QED) is 0.754. The van der Waals surface area contributed by atoms with Crippen molar-refractivity contribution in [3.05, 3.63) is 65.7 Å². The van der Waals surface area contributed by atoms with Crippen molar-refractivity contribution in [1.82, 2.24) is 10.2 Å². The number of ether oxygens (including phenoxy) is 1. The van der Waals surface area contributed by atoms with Crippen LogP contribution in [0, 0.1) is 0 Å². The Bertz CT molecular complexity index is 1070. The van der Waals surface area contributed by atoms with Gasteiger partial charge in [-0.25, -0.2) is 4.79 Å². The van der Waals surface area contributed by atoms with Crippen LogP contribution < -0.4 is 10.1 Å². The second-order valence-electron chi connectivity index (χ2n) is 8.77. The fourth-order valence-electron chi connectivity index (χ4n) is 3.89. The minimum Gasteiger partial charge on any atom is -0.469 e. The van der Waals surface area contributed by atoms with Crippen molar-refractivity contribution in [2.24, 2.45) is 0 Å². The maximum absolute atomic E-state index is 13.4. The van der Waals surface area contributed by atoms with Gasteiger partial charge in [-0.15, -0.1) is 0 Å². The number of amides is 4. The van der Waals surface area contributed by atoms with Gasteiger partial charge in [-0.3, -0.25) is 4.79 Å². The Hall–Kier alpha value is -3.48. The molecule has 2 aromatic rings. The fourth-order valence-corrected chi connectivity index (χ4v) is 3.89. The van der Waals surface area contributed by atoms with E-state index >= 15 is 0 Å². The van der Waals surface area contributed by atoms with Crippen molar-refractivity contribution < 1.29 is 23.7 Å². The summed E-state index contributed by atoms with van der Waals surface area (Å²) >= 11 is 0. The third kappa shape index (κ3) is 4.21. The van der Waals surface area contributed by atoms with E-state index < -0.39 is 23.6 Å². The first-order chi connectivity index (χ1) is 14.7. The molecule has 0 radical (unpaired) electrons. The Morgan fingerprint density at radius 2 is 1.74 bits per heavy atom. The van der Waals surface area contributed by atoms with Gasteiger partial charge in [0, 0.05) is 12.0 Å². The van der Waals surface area contributed by atoms with E-state index in [9.17, 15) is 14.4 Å². The van der Waals surface area contributed by atoms with Crippen molar-refractivity contribution in [1.29, 1.82) is 0 Å². The summed E-state index contributed by atoms with van der Waals surface area (Å²) in [6.07, 6.45) is -0.414. The van der Waals surface area contributed by atoms with E-state index in [1.165, 1.54) is 9.48 Å². The lowest BCUT2D eigenvalue weighted by atomic mass is 10.0. The van der Waals surface area contributed by atoms with Gasteiger partial charge < -0.3 is 10.1 Å². The molecule has 4 amide bonds. The summed E-state index contributed by atoms with van der Waals surface area (Å²) in [7, 11) is 0. The molecule has 0 aliphatic carbocycles. The van der Waals surface area contributed by atoms with Crippen molar-refractivity contribution in [2.75, 3.05) is 13.1 Å². The third-order valence-corrected chi connectivity index (χ3v) is 5.18.